The first-order chi connectivity index (χ1) is 27.3. The van der Waals surface area contributed by atoms with E-state index >= 15 is 0 Å². The molecule has 0 radical (unpaired) electrons. The van der Waals surface area contributed by atoms with Gasteiger partial charge in [-0.3, -0.25) is 18.6 Å². The van der Waals surface area contributed by atoms with Crippen LogP contribution in [0.4, 0.5) is 0 Å². The third-order valence-corrected chi connectivity index (χ3v) is 11.4. The molecule has 2 unspecified atom stereocenters. The van der Waals surface area contributed by atoms with Gasteiger partial charge in [0.1, 0.15) is 6.61 Å². The second-order valence-corrected chi connectivity index (χ2v) is 17.4. The van der Waals surface area contributed by atoms with Crippen molar-refractivity contribution in [3.63, 3.8) is 0 Å². The SMILES string of the molecule is CCCCCCCCCC/C=C\CCCCCCCCCCCCCC(=O)OC(COC(=O)CCCCCCCCCCCCCC)COP(=O)(O)OCCN. The summed E-state index contributed by atoms with van der Waals surface area (Å²) in [7, 11) is -4.37. The maximum Gasteiger partial charge on any atom is 0.472 e. The van der Waals surface area contributed by atoms with Gasteiger partial charge in [-0.2, -0.15) is 0 Å². The number of rotatable bonds is 45. The van der Waals surface area contributed by atoms with Crippen LogP contribution in [-0.2, 0) is 32.7 Å². The number of phosphoric acid groups is 1. The minimum absolute atomic E-state index is 0.0563. The number of ether oxygens (including phenoxy) is 2. The molecule has 0 aromatic rings. The summed E-state index contributed by atoms with van der Waals surface area (Å²) in [5.74, 6) is -0.817. The van der Waals surface area contributed by atoms with Crippen molar-refractivity contribution in [2.24, 2.45) is 5.73 Å². The first kappa shape index (κ1) is 54.8. The van der Waals surface area contributed by atoms with Crippen LogP contribution >= 0.6 is 7.82 Å². The standard InChI is InChI=1S/C46H90NO8P/c1-3-5-7-9-11-13-15-17-18-19-20-21-22-23-24-25-26-27-29-31-33-35-37-39-46(49)55-44(43-54-56(50,51)53-41-40-47)42-52-45(48)38-36-34-32-30-28-16-14-12-10-8-6-4-2/h19-20,44H,3-18,21-43,47H2,1-2H3,(H,50,51)/b20-19-. The summed E-state index contributed by atoms with van der Waals surface area (Å²) in [6.45, 7) is 3.76. The molecule has 0 saturated heterocycles. The number of hydrogen-bond donors (Lipinski definition) is 2. The quantitative estimate of drug-likeness (QED) is 0.0266. The van der Waals surface area contributed by atoms with Gasteiger partial charge in [0.2, 0.25) is 0 Å². The van der Waals surface area contributed by atoms with Crippen molar-refractivity contribution in [3.05, 3.63) is 12.2 Å². The maximum absolute atomic E-state index is 12.6. The monoisotopic (exact) mass is 816 g/mol. The Kier molecular flexibility index (Phi) is 42.4. The number of carbonyl (C=O) groups excluding carboxylic acids is 2. The number of esters is 2. The third-order valence-electron chi connectivity index (χ3n) is 10.4. The summed E-state index contributed by atoms with van der Waals surface area (Å²) >= 11 is 0. The number of nitrogens with two attached hydrogens (primary N) is 1. The van der Waals surface area contributed by atoms with Crippen LogP contribution in [0.15, 0.2) is 12.2 Å². The van der Waals surface area contributed by atoms with Gasteiger partial charge >= 0.3 is 19.8 Å². The van der Waals surface area contributed by atoms with E-state index < -0.39 is 26.5 Å². The van der Waals surface area contributed by atoms with E-state index in [0.717, 1.165) is 32.1 Å². The smallest absolute Gasteiger partial charge is 0.462 e. The first-order valence-corrected chi connectivity index (χ1v) is 25.2. The van der Waals surface area contributed by atoms with Gasteiger partial charge in [-0.1, -0.05) is 199 Å². The average molecular weight is 816 g/mol. The van der Waals surface area contributed by atoms with Gasteiger partial charge in [0, 0.05) is 19.4 Å². The highest BCUT2D eigenvalue weighted by Gasteiger charge is 2.26. The molecule has 56 heavy (non-hydrogen) atoms. The summed E-state index contributed by atoms with van der Waals surface area (Å²) < 4.78 is 32.8. The lowest BCUT2D eigenvalue weighted by Crippen LogP contribution is -2.29. The number of allylic oxidation sites excluding steroid dienone is 2. The molecule has 0 aliphatic carbocycles. The largest absolute Gasteiger partial charge is 0.472 e. The van der Waals surface area contributed by atoms with Gasteiger partial charge in [-0.05, 0) is 38.5 Å². The van der Waals surface area contributed by atoms with Crippen LogP contribution in [0.2, 0.25) is 0 Å². The minimum atomic E-state index is -4.37. The van der Waals surface area contributed by atoms with Gasteiger partial charge in [0.05, 0.1) is 13.2 Å². The second kappa shape index (κ2) is 43.3. The van der Waals surface area contributed by atoms with E-state index in [-0.39, 0.29) is 38.6 Å². The highest BCUT2D eigenvalue weighted by atomic mass is 31.2. The second-order valence-electron chi connectivity index (χ2n) is 16.0. The number of unbranched alkanes of at least 4 members (excludes halogenated alkanes) is 30. The molecule has 0 saturated carbocycles. The van der Waals surface area contributed by atoms with Crippen molar-refractivity contribution in [3.8, 4) is 0 Å². The molecule has 0 aliphatic heterocycles. The minimum Gasteiger partial charge on any atom is -0.462 e. The van der Waals surface area contributed by atoms with Crippen LogP contribution in [0.25, 0.3) is 0 Å². The fourth-order valence-electron chi connectivity index (χ4n) is 6.87. The Morgan fingerprint density at radius 1 is 0.518 bits per heavy atom. The van der Waals surface area contributed by atoms with Crippen LogP contribution in [-0.4, -0.2) is 49.3 Å². The van der Waals surface area contributed by atoms with Crippen LogP contribution in [0.1, 0.15) is 239 Å². The molecule has 0 heterocycles. The van der Waals surface area contributed by atoms with Gasteiger partial charge in [0.15, 0.2) is 6.10 Å². The van der Waals surface area contributed by atoms with Crippen LogP contribution in [0.3, 0.4) is 0 Å². The lowest BCUT2D eigenvalue weighted by atomic mass is 10.0. The predicted octanol–water partition coefficient (Wildman–Crippen LogP) is 13.8. The van der Waals surface area contributed by atoms with Gasteiger partial charge in [-0.15, -0.1) is 0 Å². The molecule has 9 nitrogen and oxygen atoms in total. The van der Waals surface area contributed by atoms with Crippen molar-refractivity contribution >= 4 is 19.8 Å². The summed E-state index contributed by atoms with van der Waals surface area (Å²) in [5.41, 5.74) is 5.35. The lowest BCUT2D eigenvalue weighted by molar-refractivity contribution is -0.161. The van der Waals surface area contributed by atoms with E-state index in [2.05, 4.69) is 26.0 Å². The Balaban J connectivity index is 4.01. The van der Waals surface area contributed by atoms with Crippen LogP contribution in [0, 0.1) is 0 Å². The molecule has 0 bridgehead atoms. The zero-order chi connectivity index (χ0) is 41.1. The lowest BCUT2D eigenvalue weighted by Gasteiger charge is -2.19. The molecule has 0 aliphatic rings. The summed E-state index contributed by atoms with van der Waals surface area (Å²) in [6, 6.07) is 0. The fraction of sp³-hybridized carbons (Fsp3) is 0.913. The van der Waals surface area contributed by atoms with Crippen molar-refractivity contribution < 1.29 is 37.6 Å². The van der Waals surface area contributed by atoms with Crippen LogP contribution < -0.4 is 5.73 Å². The highest BCUT2D eigenvalue weighted by Crippen LogP contribution is 2.43. The van der Waals surface area contributed by atoms with Gasteiger partial charge in [0.25, 0.3) is 0 Å². The predicted molar refractivity (Wildman–Crippen MR) is 234 cm³/mol. The molecule has 3 N–H and O–H groups in total. The fourth-order valence-corrected chi connectivity index (χ4v) is 7.63. The molecular formula is C46H90NO8P. The first-order valence-electron chi connectivity index (χ1n) is 23.7. The van der Waals surface area contributed by atoms with Crippen molar-refractivity contribution in [1.29, 1.82) is 0 Å². The van der Waals surface area contributed by atoms with E-state index in [9.17, 15) is 19.0 Å². The normalized spacial score (nSPS) is 13.3. The molecule has 2 atom stereocenters. The topological polar surface area (TPSA) is 134 Å². The Morgan fingerprint density at radius 3 is 1.27 bits per heavy atom. The summed E-state index contributed by atoms with van der Waals surface area (Å²) in [6.07, 6.45) is 45.3. The van der Waals surface area contributed by atoms with E-state index in [0.29, 0.717) is 6.42 Å². The van der Waals surface area contributed by atoms with E-state index in [1.54, 1.807) is 0 Å². The molecular weight excluding hydrogens is 725 g/mol. The zero-order valence-corrected chi connectivity index (χ0v) is 37.5. The number of phosphoric ester groups is 1. The van der Waals surface area contributed by atoms with E-state index in [4.69, 9.17) is 24.3 Å². The van der Waals surface area contributed by atoms with E-state index in [1.165, 1.54) is 173 Å². The Morgan fingerprint density at radius 2 is 0.875 bits per heavy atom. The van der Waals surface area contributed by atoms with Crippen molar-refractivity contribution in [1.82, 2.24) is 0 Å². The number of carbonyl (C=O) groups is 2. The highest BCUT2D eigenvalue weighted by molar-refractivity contribution is 7.47. The zero-order valence-electron chi connectivity index (χ0n) is 36.6. The molecule has 332 valence electrons. The van der Waals surface area contributed by atoms with Crippen molar-refractivity contribution in [2.75, 3.05) is 26.4 Å². The Bertz CT molecular complexity index is 933. The summed E-state index contributed by atoms with van der Waals surface area (Å²) in [4.78, 5) is 34.9. The van der Waals surface area contributed by atoms with Crippen molar-refractivity contribution in [2.45, 2.75) is 245 Å². The molecule has 0 fully saturated rings. The molecule has 0 spiro atoms. The Hall–Kier alpha value is -1.25. The molecule has 10 heteroatoms. The summed E-state index contributed by atoms with van der Waals surface area (Å²) in [5, 5.41) is 0. The molecule has 0 rings (SSSR count). The Labute approximate surface area is 345 Å². The van der Waals surface area contributed by atoms with E-state index in [1.807, 2.05) is 0 Å². The van der Waals surface area contributed by atoms with Crippen LogP contribution in [0.5, 0.6) is 0 Å². The number of hydrogen-bond acceptors (Lipinski definition) is 8. The van der Waals surface area contributed by atoms with Gasteiger partial charge in [-0.25, -0.2) is 4.57 Å². The average Bonchev–Trinajstić information content (AvgIpc) is 3.18. The molecule has 0 aromatic heterocycles. The molecule has 0 amide bonds. The third kappa shape index (κ3) is 42.4. The maximum atomic E-state index is 12.6. The molecule has 0 aromatic carbocycles. The van der Waals surface area contributed by atoms with Gasteiger partial charge < -0.3 is 20.1 Å².